The Kier molecular flexibility index (Phi) is 4.49. The molecular formula is C16H19N3O4. The summed E-state index contributed by atoms with van der Waals surface area (Å²) in [5, 5.41) is 2.55. The van der Waals surface area contributed by atoms with Gasteiger partial charge in [0.25, 0.3) is 11.8 Å². The lowest BCUT2D eigenvalue weighted by molar-refractivity contribution is -0.151. The summed E-state index contributed by atoms with van der Waals surface area (Å²) < 4.78 is 0. The molecule has 0 saturated carbocycles. The first-order valence-electron chi connectivity index (χ1n) is 7.24. The molecule has 0 unspecified atom stereocenters. The maximum atomic E-state index is 12.3. The molecule has 122 valence electrons. The number of barbiturate groups is 1. The summed E-state index contributed by atoms with van der Waals surface area (Å²) in [6.07, 6.45) is 0. The van der Waals surface area contributed by atoms with Crippen LogP contribution in [0.25, 0.3) is 0 Å². The summed E-state index contributed by atoms with van der Waals surface area (Å²) in [6, 6.07) is 6.41. The zero-order valence-electron chi connectivity index (χ0n) is 13.5. The maximum absolute atomic E-state index is 12.3. The van der Waals surface area contributed by atoms with Crippen LogP contribution in [0.5, 0.6) is 0 Å². The quantitative estimate of drug-likeness (QED) is 0.854. The van der Waals surface area contributed by atoms with Crippen LogP contribution < -0.4 is 5.32 Å². The smallest absolute Gasteiger partial charge is 0.325 e. The van der Waals surface area contributed by atoms with Crippen molar-refractivity contribution in [1.29, 1.82) is 0 Å². The van der Waals surface area contributed by atoms with Gasteiger partial charge in [-0.3, -0.25) is 24.2 Å². The van der Waals surface area contributed by atoms with Crippen LogP contribution in [0, 0.1) is 5.92 Å². The van der Waals surface area contributed by atoms with Crippen LogP contribution in [0.2, 0.25) is 0 Å². The molecule has 0 aliphatic carbocycles. The highest BCUT2D eigenvalue weighted by molar-refractivity contribution is 6.27. The predicted octanol–water partition coefficient (Wildman–Crippen LogP) is 1.42. The highest BCUT2D eigenvalue weighted by Gasteiger charge is 2.46. The number of hydrogen-bond donors (Lipinski definition) is 1. The second kappa shape index (κ2) is 6.20. The van der Waals surface area contributed by atoms with Crippen molar-refractivity contribution in [3.63, 3.8) is 0 Å². The van der Waals surface area contributed by atoms with Crippen molar-refractivity contribution >= 4 is 29.4 Å². The van der Waals surface area contributed by atoms with E-state index < -0.39 is 29.7 Å². The molecule has 1 aromatic rings. The average Bonchev–Trinajstić information content (AvgIpc) is 2.51. The van der Waals surface area contributed by atoms with E-state index in [0.717, 1.165) is 15.4 Å². The minimum atomic E-state index is -1.55. The largest absolute Gasteiger partial charge is 0.332 e. The fourth-order valence-electron chi connectivity index (χ4n) is 2.30. The molecule has 1 aliphatic heterocycles. The SMILES string of the molecule is CC(C)c1ccc(NC(=O)C2C(=O)N(C)C(=O)N(C)C2=O)cc1. The Morgan fingerprint density at radius 2 is 1.48 bits per heavy atom. The standard InChI is InChI=1S/C16H19N3O4/c1-9(2)10-5-7-11(8-6-10)17-13(20)12-14(21)18(3)16(23)19(4)15(12)22/h5-9,12H,1-4H3,(H,17,20). The number of urea groups is 1. The van der Waals surface area contributed by atoms with Crippen LogP contribution >= 0.6 is 0 Å². The number of rotatable bonds is 3. The number of anilines is 1. The zero-order valence-corrected chi connectivity index (χ0v) is 13.5. The summed E-state index contributed by atoms with van der Waals surface area (Å²) in [4.78, 5) is 49.6. The molecule has 0 radical (unpaired) electrons. The number of amides is 5. The summed E-state index contributed by atoms with van der Waals surface area (Å²) in [5.74, 6) is -3.59. The third-order valence-corrected chi connectivity index (χ3v) is 3.84. The average molecular weight is 317 g/mol. The number of imide groups is 2. The van der Waals surface area contributed by atoms with Crippen LogP contribution in [0.4, 0.5) is 10.5 Å². The highest BCUT2D eigenvalue weighted by atomic mass is 16.2. The van der Waals surface area contributed by atoms with Crippen LogP contribution in [-0.4, -0.2) is 47.6 Å². The molecule has 1 aromatic carbocycles. The Morgan fingerprint density at radius 1 is 1.00 bits per heavy atom. The number of benzene rings is 1. The van der Waals surface area contributed by atoms with Crippen LogP contribution in [0.3, 0.4) is 0 Å². The first kappa shape index (κ1) is 16.7. The van der Waals surface area contributed by atoms with E-state index in [-0.39, 0.29) is 0 Å². The normalized spacial score (nSPS) is 16.3. The summed E-state index contributed by atoms with van der Waals surface area (Å²) in [7, 11) is 2.48. The van der Waals surface area contributed by atoms with E-state index >= 15 is 0 Å². The molecule has 5 amide bonds. The van der Waals surface area contributed by atoms with Gasteiger partial charge in [-0.25, -0.2) is 4.79 Å². The fourth-order valence-corrected chi connectivity index (χ4v) is 2.30. The van der Waals surface area contributed by atoms with Gasteiger partial charge < -0.3 is 5.32 Å². The van der Waals surface area contributed by atoms with Gasteiger partial charge in [-0.05, 0) is 23.6 Å². The van der Waals surface area contributed by atoms with E-state index in [2.05, 4.69) is 19.2 Å². The van der Waals surface area contributed by atoms with Crippen LogP contribution in [0.1, 0.15) is 25.3 Å². The molecule has 0 aromatic heterocycles. The van der Waals surface area contributed by atoms with Crippen molar-refractivity contribution in [1.82, 2.24) is 9.80 Å². The second-order valence-electron chi connectivity index (χ2n) is 5.78. The predicted molar refractivity (Wildman–Crippen MR) is 83.6 cm³/mol. The molecule has 0 spiro atoms. The highest BCUT2D eigenvalue weighted by Crippen LogP contribution is 2.20. The number of hydrogen-bond acceptors (Lipinski definition) is 4. The first-order chi connectivity index (χ1) is 10.7. The summed E-state index contributed by atoms with van der Waals surface area (Å²) >= 11 is 0. The third kappa shape index (κ3) is 3.08. The van der Waals surface area contributed by atoms with Crippen molar-refractivity contribution in [2.24, 2.45) is 5.92 Å². The van der Waals surface area contributed by atoms with Gasteiger partial charge in [0.1, 0.15) is 0 Å². The van der Waals surface area contributed by atoms with Gasteiger partial charge in [-0.15, -0.1) is 0 Å². The number of carbonyl (C=O) groups excluding carboxylic acids is 4. The Labute approximate surface area is 134 Å². The maximum Gasteiger partial charge on any atom is 0.332 e. The lowest BCUT2D eigenvalue weighted by Crippen LogP contribution is -2.59. The second-order valence-corrected chi connectivity index (χ2v) is 5.78. The van der Waals surface area contributed by atoms with Crippen LogP contribution in [-0.2, 0) is 14.4 Å². The molecule has 1 heterocycles. The number of carbonyl (C=O) groups is 4. The molecule has 1 aliphatic rings. The van der Waals surface area contributed by atoms with Gasteiger partial charge in [0, 0.05) is 19.8 Å². The van der Waals surface area contributed by atoms with E-state index in [1.54, 1.807) is 12.1 Å². The third-order valence-electron chi connectivity index (χ3n) is 3.84. The van der Waals surface area contributed by atoms with Gasteiger partial charge in [0.2, 0.25) is 5.91 Å². The van der Waals surface area contributed by atoms with Gasteiger partial charge in [-0.1, -0.05) is 26.0 Å². The first-order valence-corrected chi connectivity index (χ1v) is 7.24. The molecule has 1 N–H and O–H groups in total. The molecule has 7 heteroatoms. The Bertz CT molecular complexity index is 642. The Hall–Kier alpha value is -2.70. The van der Waals surface area contributed by atoms with Crippen molar-refractivity contribution < 1.29 is 19.2 Å². The van der Waals surface area contributed by atoms with Gasteiger partial charge in [0.05, 0.1) is 0 Å². The van der Waals surface area contributed by atoms with Gasteiger partial charge >= 0.3 is 6.03 Å². The molecule has 1 fully saturated rings. The van der Waals surface area contributed by atoms with Crippen molar-refractivity contribution in [3.8, 4) is 0 Å². The topological polar surface area (TPSA) is 86.8 Å². The number of nitrogens with one attached hydrogen (secondary N) is 1. The lowest BCUT2D eigenvalue weighted by Gasteiger charge is -2.32. The summed E-state index contributed by atoms with van der Waals surface area (Å²) in [5.41, 5.74) is 1.60. The van der Waals surface area contributed by atoms with E-state index in [9.17, 15) is 19.2 Å². The minimum absolute atomic E-state index is 0.356. The van der Waals surface area contributed by atoms with Gasteiger partial charge in [0.15, 0.2) is 5.92 Å². The number of nitrogens with zero attached hydrogens (tertiary/aromatic N) is 2. The van der Waals surface area contributed by atoms with E-state index in [1.807, 2.05) is 12.1 Å². The molecule has 0 bridgehead atoms. The van der Waals surface area contributed by atoms with E-state index in [4.69, 9.17) is 0 Å². The molecule has 2 rings (SSSR count). The Balaban J connectivity index is 2.17. The molecular weight excluding hydrogens is 298 g/mol. The van der Waals surface area contributed by atoms with E-state index in [1.165, 1.54) is 14.1 Å². The molecule has 1 saturated heterocycles. The van der Waals surface area contributed by atoms with Crippen molar-refractivity contribution in [2.75, 3.05) is 19.4 Å². The Morgan fingerprint density at radius 3 is 1.91 bits per heavy atom. The van der Waals surface area contributed by atoms with Crippen LogP contribution in [0.15, 0.2) is 24.3 Å². The monoisotopic (exact) mass is 317 g/mol. The molecule has 23 heavy (non-hydrogen) atoms. The lowest BCUT2D eigenvalue weighted by atomic mass is 10.0. The van der Waals surface area contributed by atoms with Crippen molar-refractivity contribution in [3.05, 3.63) is 29.8 Å². The zero-order chi connectivity index (χ0) is 17.3. The molecule has 0 atom stereocenters. The summed E-state index contributed by atoms with van der Waals surface area (Å²) in [6.45, 7) is 4.10. The van der Waals surface area contributed by atoms with Gasteiger partial charge in [-0.2, -0.15) is 0 Å². The fraction of sp³-hybridized carbons (Fsp3) is 0.375. The molecule has 7 nitrogen and oxygen atoms in total. The van der Waals surface area contributed by atoms with E-state index in [0.29, 0.717) is 11.6 Å². The van der Waals surface area contributed by atoms with Crippen molar-refractivity contribution in [2.45, 2.75) is 19.8 Å². The minimum Gasteiger partial charge on any atom is -0.325 e.